The van der Waals surface area contributed by atoms with Crippen LogP contribution in [0.25, 0.3) is 0 Å². The fourth-order valence-corrected chi connectivity index (χ4v) is 4.58. The molecule has 0 spiro atoms. The van der Waals surface area contributed by atoms with E-state index in [0.29, 0.717) is 18.2 Å². The predicted octanol–water partition coefficient (Wildman–Crippen LogP) is 3.28. The average molecular weight is 263 g/mol. The van der Waals surface area contributed by atoms with Crippen LogP contribution in [0.15, 0.2) is 11.4 Å². The second kappa shape index (κ2) is 4.62. The largest absolute Gasteiger partial charge is 0.376 e. The molecule has 0 amide bonds. The molecule has 0 radical (unpaired) electrons. The van der Waals surface area contributed by atoms with Crippen molar-refractivity contribution in [3.8, 4) is 0 Å². The average Bonchev–Trinajstić information content (AvgIpc) is 2.93. The highest BCUT2D eigenvalue weighted by Gasteiger charge is 2.41. The topological polar surface area (TPSA) is 21.3 Å². The van der Waals surface area contributed by atoms with E-state index in [9.17, 15) is 0 Å². The molecule has 18 heavy (non-hydrogen) atoms. The highest BCUT2D eigenvalue weighted by atomic mass is 32.1. The molecule has 2 aliphatic carbocycles. The van der Waals surface area contributed by atoms with Crippen LogP contribution in [0.5, 0.6) is 0 Å². The lowest BCUT2D eigenvalue weighted by atomic mass is 9.92. The molecule has 0 aromatic carbocycles. The summed E-state index contributed by atoms with van der Waals surface area (Å²) in [4.78, 5) is 1.61. The number of thiophene rings is 1. The van der Waals surface area contributed by atoms with E-state index >= 15 is 0 Å². The molecule has 1 aromatic rings. The van der Waals surface area contributed by atoms with Crippen LogP contribution in [0.3, 0.4) is 0 Å². The molecule has 3 aliphatic rings. The Balaban J connectivity index is 1.49. The third-order valence-electron chi connectivity index (χ3n) is 4.69. The van der Waals surface area contributed by atoms with Gasteiger partial charge in [-0.1, -0.05) is 0 Å². The van der Waals surface area contributed by atoms with Gasteiger partial charge in [0.1, 0.15) is 0 Å². The van der Waals surface area contributed by atoms with E-state index in [0.717, 1.165) is 12.5 Å². The Kier molecular flexibility index (Phi) is 2.94. The van der Waals surface area contributed by atoms with Gasteiger partial charge in [0.05, 0.1) is 6.10 Å². The van der Waals surface area contributed by atoms with Crippen molar-refractivity contribution >= 4 is 11.3 Å². The summed E-state index contributed by atoms with van der Waals surface area (Å²) in [5.41, 5.74) is 1.58. The van der Waals surface area contributed by atoms with Crippen LogP contribution in [-0.2, 0) is 11.2 Å². The summed E-state index contributed by atoms with van der Waals surface area (Å²) in [5.74, 6) is 0.857. The Morgan fingerprint density at radius 3 is 3.06 bits per heavy atom. The number of rotatable bonds is 3. The fourth-order valence-electron chi connectivity index (χ4n) is 3.60. The van der Waals surface area contributed by atoms with Crippen molar-refractivity contribution in [2.45, 2.75) is 56.7 Å². The zero-order valence-corrected chi connectivity index (χ0v) is 11.5. The predicted molar refractivity (Wildman–Crippen MR) is 74.0 cm³/mol. The molecule has 1 aliphatic heterocycles. The second-order valence-corrected chi connectivity index (χ2v) is 6.98. The van der Waals surface area contributed by atoms with Gasteiger partial charge in [0.25, 0.3) is 0 Å². The van der Waals surface area contributed by atoms with Gasteiger partial charge in [0.15, 0.2) is 0 Å². The lowest BCUT2D eigenvalue weighted by Crippen LogP contribution is -2.40. The quantitative estimate of drug-likeness (QED) is 0.903. The minimum atomic E-state index is 0.508. The molecule has 3 unspecified atom stereocenters. The third-order valence-corrected chi connectivity index (χ3v) is 5.69. The van der Waals surface area contributed by atoms with Gasteiger partial charge in [-0.3, -0.25) is 0 Å². The van der Waals surface area contributed by atoms with E-state index in [1.165, 1.54) is 38.5 Å². The van der Waals surface area contributed by atoms with Gasteiger partial charge in [-0.2, -0.15) is 0 Å². The minimum Gasteiger partial charge on any atom is -0.376 e. The highest BCUT2D eigenvalue weighted by Crippen LogP contribution is 2.40. The molecule has 1 saturated carbocycles. The first-order valence-corrected chi connectivity index (χ1v) is 8.24. The molecule has 3 heteroatoms. The zero-order chi connectivity index (χ0) is 11.9. The van der Waals surface area contributed by atoms with Crippen LogP contribution >= 0.6 is 11.3 Å². The Hall–Kier alpha value is -0.380. The lowest BCUT2D eigenvalue weighted by molar-refractivity contribution is 0.0783. The number of fused-ring (bicyclic) bond motifs is 1. The van der Waals surface area contributed by atoms with Gasteiger partial charge in [0, 0.05) is 23.6 Å². The Labute approximate surface area is 113 Å². The van der Waals surface area contributed by atoms with Gasteiger partial charge in [-0.05, 0) is 61.5 Å². The summed E-state index contributed by atoms with van der Waals surface area (Å²) in [7, 11) is 0. The number of hydrogen-bond donors (Lipinski definition) is 1. The molecular formula is C15H21NOS. The van der Waals surface area contributed by atoms with Crippen molar-refractivity contribution < 1.29 is 4.74 Å². The van der Waals surface area contributed by atoms with Crippen LogP contribution < -0.4 is 5.32 Å². The molecule has 4 rings (SSSR count). The van der Waals surface area contributed by atoms with Crippen molar-refractivity contribution in [1.29, 1.82) is 0 Å². The molecule has 3 atom stereocenters. The van der Waals surface area contributed by atoms with E-state index in [1.54, 1.807) is 10.4 Å². The first kappa shape index (κ1) is 11.4. The van der Waals surface area contributed by atoms with Crippen LogP contribution in [0.4, 0.5) is 0 Å². The first-order valence-electron chi connectivity index (χ1n) is 7.36. The van der Waals surface area contributed by atoms with Crippen molar-refractivity contribution in [1.82, 2.24) is 5.32 Å². The smallest absolute Gasteiger partial charge is 0.0757 e. The number of nitrogens with one attached hydrogen (secondary N) is 1. The molecule has 2 fully saturated rings. The van der Waals surface area contributed by atoms with Crippen molar-refractivity contribution in [3.63, 3.8) is 0 Å². The molecule has 1 N–H and O–H groups in total. The zero-order valence-electron chi connectivity index (χ0n) is 10.7. The standard InChI is InChI=1S/C15H21NOS/c1-2-12(11-7-9-18-14(11)3-1)16-13-6-8-17-15(13)10-4-5-10/h7,9-10,12-13,15-16H,1-6,8H2. The Morgan fingerprint density at radius 2 is 2.17 bits per heavy atom. The van der Waals surface area contributed by atoms with E-state index in [4.69, 9.17) is 4.74 Å². The normalized spacial score (nSPS) is 35.7. The van der Waals surface area contributed by atoms with Gasteiger partial charge >= 0.3 is 0 Å². The first-order chi connectivity index (χ1) is 8.92. The van der Waals surface area contributed by atoms with Gasteiger partial charge in [0.2, 0.25) is 0 Å². The van der Waals surface area contributed by atoms with Crippen LogP contribution in [0, 0.1) is 5.92 Å². The van der Waals surface area contributed by atoms with Crippen LogP contribution in [-0.4, -0.2) is 18.8 Å². The summed E-state index contributed by atoms with van der Waals surface area (Å²) in [5, 5.41) is 6.17. The summed E-state index contributed by atoms with van der Waals surface area (Å²) in [6.45, 7) is 0.960. The van der Waals surface area contributed by atoms with Crippen molar-refractivity contribution in [2.75, 3.05) is 6.61 Å². The molecule has 1 saturated heterocycles. The molecule has 2 heterocycles. The highest BCUT2D eigenvalue weighted by molar-refractivity contribution is 7.10. The molecule has 1 aromatic heterocycles. The third kappa shape index (κ3) is 2.02. The lowest BCUT2D eigenvalue weighted by Gasteiger charge is -2.29. The maximum Gasteiger partial charge on any atom is 0.0757 e. The summed E-state index contributed by atoms with van der Waals surface area (Å²) in [6, 6.07) is 3.53. The minimum absolute atomic E-state index is 0.508. The molecule has 0 bridgehead atoms. The number of ether oxygens (including phenoxy) is 1. The van der Waals surface area contributed by atoms with Gasteiger partial charge < -0.3 is 10.1 Å². The van der Waals surface area contributed by atoms with Gasteiger partial charge in [-0.25, -0.2) is 0 Å². The maximum atomic E-state index is 5.94. The van der Waals surface area contributed by atoms with E-state index < -0.39 is 0 Å². The van der Waals surface area contributed by atoms with Crippen molar-refractivity contribution in [2.24, 2.45) is 5.92 Å². The fraction of sp³-hybridized carbons (Fsp3) is 0.733. The van der Waals surface area contributed by atoms with Gasteiger partial charge in [-0.15, -0.1) is 11.3 Å². The summed E-state index contributed by atoms with van der Waals surface area (Å²) >= 11 is 1.94. The maximum absolute atomic E-state index is 5.94. The van der Waals surface area contributed by atoms with Crippen LogP contribution in [0.2, 0.25) is 0 Å². The molecular weight excluding hydrogens is 242 g/mol. The number of hydrogen-bond acceptors (Lipinski definition) is 3. The number of aryl methyl sites for hydroxylation is 1. The Morgan fingerprint density at radius 1 is 1.22 bits per heavy atom. The van der Waals surface area contributed by atoms with Crippen LogP contribution in [0.1, 0.15) is 48.6 Å². The second-order valence-electron chi connectivity index (χ2n) is 5.98. The van der Waals surface area contributed by atoms with E-state index in [2.05, 4.69) is 16.8 Å². The molecule has 2 nitrogen and oxygen atoms in total. The SMILES string of the molecule is c1cc2c(s1)CCCC2NC1CCOC1C1CC1. The monoisotopic (exact) mass is 263 g/mol. The van der Waals surface area contributed by atoms with E-state index in [1.807, 2.05) is 11.3 Å². The summed E-state index contributed by atoms with van der Waals surface area (Å²) < 4.78 is 5.94. The van der Waals surface area contributed by atoms with Crippen molar-refractivity contribution in [3.05, 3.63) is 21.9 Å². The summed E-state index contributed by atoms with van der Waals surface area (Å²) in [6.07, 6.45) is 8.42. The molecule has 98 valence electrons. The Bertz CT molecular complexity index is 426. The van der Waals surface area contributed by atoms with E-state index in [-0.39, 0.29) is 0 Å².